The lowest BCUT2D eigenvalue weighted by Gasteiger charge is -2.30. The molecule has 0 aliphatic heterocycles. The molecule has 0 aromatic heterocycles. The third-order valence-corrected chi connectivity index (χ3v) is 2.69. The molecule has 0 spiro atoms. The molecule has 1 aromatic carbocycles. The van der Waals surface area contributed by atoms with Crippen LogP contribution < -0.4 is 5.23 Å². The molecule has 0 saturated carbocycles. The van der Waals surface area contributed by atoms with E-state index in [0.29, 0.717) is 5.56 Å². The summed E-state index contributed by atoms with van der Waals surface area (Å²) in [6.07, 6.45) is 0. The molecule has 0 aliphatic rings. The summed E-state index contributed by atoms with van der Waals surface area (Å²) in [6, 6.07) is 6.34. The Labute approximate surface area is 107 Å². The number of hydrogen-bond acceptors (Lipinski definition) is 4. The number of nitrogens with zero attached hydrogens (tertiary/aromatic N) is 2. The topological polar surface area (TPSA) is 64.0 Å². The molecule has 5 heteroatoms. The van der Waals surface area contributed by atoms with Gasteiger partial charge >= 0.3 is 0 Å². The number of rotatable bonds is 4. The third-order valence-electron chi connectivity index (χ3n) is 2.69. The Morgan fingerprint density at radius 2 is 1.44 bits per heavy atom. The van der Waals surface area contributed by atoms with E-state index in [4.69, 9.17) is 10.4 Å². The van der Waals surface area contributed by atoms with Crippen molar-refractivity contribution in [1.82, 2.24) is 4.90 Å². The van der Waals surface area contributed by atoms with Gasteiger partial charge in [-0.25, -0.2) is 0 Å². The van der Waals surface area contributed by atoms with Crippen LogP contribution in [0.2, 0.25) is 0 Å². The Morgan fingerprint density at radius 3 is 1.78 bits per heavy atom. The predicted molar refractivity (Wildman–Crippen MR) is 68.9 cm³/mol. The van der Waals surface area contributed by atoms with Crippen molar-refractivity contribution >= 4 is 11.6 Å². The van der Waals surface area contributed by atoms with E-state index in [0.717, 1.165) is 0 Å². The van der Waals surface area contributed by atoms with Gasteiger partial charge in [-0.3, -0.25) is 15.2 Å². The van der Waals surface area contributed by atoms with Gasteiger partial charge in [0.15, 0.2) is 0 Å². The van der Waals surface area contributed by atoms with Crippen LogP contribution in [0.3, 0.4) is 0 Å². The normalized spacial score (nSPS) is 10.9. The molecule has 5 nitrogen and oxygen atoms in total. The summed E-state index contributed by atoms with van der Waals surface area (Å²) in [6.45, 7) is 7.87. The molecular weight excluding hydrogens is 232 g/mol. The fraction of sp³-hybridized carbons (Fsp3) is 0.462. The van der Waals surface area contributed by atoms with E-state index < -0.39 is 0 Å². The standard InChI is InChI=1S/C13H20N2O3/c1-9(2)14(10(3)4)13(16)11-5-7-12(8-6-11)15(17)18/h5-10,17-18H,1-4H3. The van der Waals surface area contributed by atoms with E-state index in [2.05, 4.69) is 0 Å². The lowest BCUT2D eigenvalue weighted by molar-refractivity contribution is 0.0291. The highest BCUT2D eigenvalue weighted by Crippen LogP contribution is 2.16. The lowest BCUT2D eigenvalue weighted by Crippen LogP contribution is -2.42. The van der Waals surface area contributed by atoms with Gasteiger partial charge in [0.25, 0.3) is 5.91 Å². The predicted octanol–water partition coefficient (Wildman–Crippen LogP) is 2.53. The average molecular weight is 252 g/mol. The smallest absolute Gasteiger partial charge is 0.254 e. The van der Waals surface area contributed by atoms with Crippen LogP contribution in [0.1, 0.15) is 38.1 Å². The van der Waals surface area contributed by atoms with Crippen molar-refractivity contribution in [3.8, 4) is 0 Å². The minimum absolute atomic E-state index is 0.0247. The van der Waals surface area contributed by atoms with Crippen molar-refractivity contribution in [3.63, 3.8) is 0 Å². The molecule has 1 aromatic rings. The first-order valence-electron chi connectivity index (χ1n) is 5.95. The van der Waals surface area contributed by atoms with Crippen LogP contribution in [0.4, 0.5) is 5.69 Å². The zero-order chi connectivity index (χ0) is 13.9. The summed E-state index contributed by atoms with van der Waals surface area (Å²) in [4.78, 5) is 14.1. The van der Waals surface area contributed by atoms with Crippen molar-refractivity contribution in [3.05, 3.63) is 29.8 Å². The highest BCUT2D eigenvalue weighted by atomic mass is 16.8. The van der Waals surface area contributed by atoms with Gasteiger partial charge in [0.2, 0.25) is 0 Å². The molecular formula is C13H20N2O3. The van der Waals surface area contributed by atoms with E-state index in [1.54, 1.807) is 17.0 Å². The Hall–Kier alpha value is -1.59. The Kier molecular flexibility index (Phi) is 4.69. The van der Waals surface area contributed by atoms with Gasteiger partial charge in [-0.2, -0.15) is 0 Å². The summed E-state index contributed by atoms with van der Waals surface area (Å²) < 4.78 is 0. The first-order chi connectivity index (χ1) is 8.34. The van der Waals surface area contributed by atoms with E-state index in [1.807, 2.05) is 27.7 Å². The summed E-state index contributed by atoms with van der Waals surface area (Å²) >= 11 is 0. The van der Waals surface area contributed by atoms with Crippen molar-refractivity contribution in [2.75, 3.05) is 5.23 Å². The molecule has 0 bridgehead atoms. The number of hydrogen-bond donors (Lipinski definition) is 2. The molecule has 0 fully saturated rings. The maximum Gasteiger partial charge on any atom is 0.254 e. The lowest BCUT2D eigenvalue weighted by atomic mass is 10.1. The Balaban J connectivity index is 2.95. The second kappa shape index (κ2) is 5.84. The summed E-state index contributed by atoms with van der Waals surface area (Å²) in [5, 5.41) is 17.7. The largest absolute Gasteiger partial charge is 0.334 e. The fourth-order valence-corrected chi connectivity index (χ4v) is 1.95. The molecule has 18 heavy (non-hydrogen) atoms. The molecule has 0 atom stereocenters. The molecule has 2 N–H and O–H groups in total. The van der Waals surface area contributed by atoms with Gasteiger partial charge in [0.05, 0.1) is 5.69 Å². The van der Waals surface area contributed by atoms with Crippen molar-refractivity contribution in [2.45, 2.75) is 39.8 Å². The Bertz CT molecular complexity index is 391. The minimum atomic E-state index is -0.0611. The van der Waals surface area contributed by atoms with Crippen LogP contribution in [-0.2, 0) is 0 Å². The number of carbonyl (C=O) groups excluding carboxylic acids is 1. The second-order valence-corrected chi connectivity index (χ2v) is 4.74. The van der Waals surface area contributed by atoms with Gasteiger partial charge in [-0.1, -0.05) is 0 Å². The van der Waals surface area contributed by atoms with E-state index in [-0.39, 0.29) is 28.9 Å². The van der Waals surface area contributed by atoms with E-state index in [9.17, 15) is 4.79 Å². The molecule has 1 amide bonds. The molecule has 0 unspecified atom stereocenters. The van der Waals surface area contributed by atoms with Gasteiger partial charge in [0, 0.05) is 17.6 Å². The number of carbonyl (C=O) groups is 1. The first kappa shape index (κ1) is 14.5. The number of amides is 1. The van der Waals surface area contributed by atoms with Crippen LogP contribution in [0.5, 0.6) is 0 Å². The highest BCUT2D eigenvalue weighted by molar-refractivity contribution is 5.94. The minimum Gasteiger partial charge on any atom is -0.334 e. The fourth-order valence-electron chi connectivity index (χ4n) is 1.95. The van der Waals surface area contributed by atoms with Crippen molar-refractivity contribution in [1.29, 1.82) is 0 Å². The number of benzene rings is 1. The van der Waals surface area contributed by atoms with Gasteiger partial charge in [0.1, 0.15) is 0 Å². The van der Waals surface area contributed by atoms with Crippen LogP contribution in [0, 0.1) is 0 Å². The number of anilines is 1. The van der Waals surface area contributed by atoms with Crippen LogP contribution in [0.15, 0.2) is 24.3 Å². The second-order valence-electron chi connectivity index (χ2n) is 4.74. The third kappa shape index (κ3) is 3.21. The molecule has 100 valence electrons. The molecule has 0 radical (unpaired) electrons. The van der Waals surface area contributed by atoms with Crippen LogP contribution in [-0.4, -0.2) is 33.3 Å². The molecule has 1 rings (SSSR count). The van der Waals surface area contributed by atoms with E-state index >= 15 is 0 Å². The van der Waals surface area contributed by atoms with Gasteiger partial charge in [-0.05, 0) is 52.0 Å². The monoisotopic (exact) mass is 252 g/mol. The zero-order valence-corrected chi connectivity index (χ0v) is 11.2. The highest BCUT2D eigenvalue weighted by Gasteiger charge is 2.21. The first-order valence-corrected chi connectivity index (χ1v) is 5.95. The van der Waals surface area contributed by atoms with Gasteiger partial charge < -0.3 is 4.90 Å². The summed E-state index contributed by atoms with van der Waals surface area (Å²) in [7, 11) is 0. The SMILES string of the molecule is CC(C)N(C(=O)c1ccc(N(O)O)cc1)C(C)C. The molecule has 0 heterocycles. The molecule has 0 aliphatic carbocycles. The summed E-state index contributed by atoms with van der Waals surface area (Å²) in [5.41, 5.74) is 0.746. The quantitative estimate of drug-likeness (QED) is 0.808. The average Bonchev–Trinajstić information content (AvgIpc) is 2.28. The van der Waals surface area contributed by atoms with Crippen LogP contribution >= 0.6 is 0 Å². The molecule has 0 saturated heterocycles. The maximum atomic E-state index is 12.3. The Morgan fingerprint density at radius 1 is 1.00 bits per heavy atom. The van der Waals surface area contributed by atoms with Crippen LogP contribution in [0.25, 0.3) is 0 Å². The van der Waals surface area contributed by atoms with Crippen molar-refractivity contribution in [2.24, 2.45) is 0 Å². The zero-order valence-electron chi connectivity index (χ0n) is 11.2. The van der Waals surface area contributed by atoms with Gasteiger partial charge in [-0.15, -0.1) is 5.23 Å². The summed E-state index contributed by atoms with van der Waals surface area (Å²) in [5.74, 6) is -0.0611. The maximum absolute atomic E-state index is 12.3. The van der Waals surface area contributed by atoms with Crippen molar-refractivity contribution < 1.29 is 15.2 Å². The van der Waals surface area contributed by atoms with E-state index in [1.165, 1.54) is 12.1 Å².